The maximum Gasteiger partial charge on any atom is 0.125 e. The summed E-state index contributed by atoms with van der Waals surface area (Å²) in [6.45, 7) is 2.00. The largest absolute Gasteiger partial charge is 0.496 e. The van der Waals surface area contributed by atoms with Crippen molar-refractivity contribution >= 4 is 27.3 Å². The summed E-state index contributed by atoms with van der Waals surface area (Å²) in [4.78, 5) is 0. The van der Waals surface area contributed by atoms with Crippen molar-refractivity contribution < 1.29 is 9.84 Å². The fourth-order valence-electron chi connectivity index (χ4n) is 1.72. The minimum absolute atomic E-state index is 0.662. The summed E-state index contributed by atoms with van der Waals surface area (Å²) in [6, 6.07) is 5.81. The summed E-state index contributed by atoms with van der Waals surface area (Å²) in [5.74, 6) is 0.709. The van der Waals surface area contributed by atoms with Crippen LogP contribution in [0.15, 0.2) is 33.4 Å². The van der Waals surface area contributed by atoms with E-state index in [1.807, 2.05) is 35.9 Å². The molecule has 1 unspecified atom stereocenters. The zero-order chi connectivity index (χ0) is 12.4. The Morgan fingerprint density at radius 3 is 2.65 bits per heavy atom. The lowest BCUT2D eigenvalue weighted by molar-refractivity contribution is 0.214. The maximum atomic E-state index is 10.4. The lowest BCUT2D eigenvalue weighted by Gasteiger charge is -2.15. The molecular weight excluding hydrogens is 300 g/mol. The van der Waals surface area contributed by atoms with Crippen molar-refractivity contribution in [2.24, 2.45) is 0 Å². The molecule has 2 rings (SSSR count). The quantitative estimate of drug-likeness (QED) is 0.931. The molecule has 90 valence electrons. The number of hydrogen-bond acceptors (Lipinski definition) is 3. The number of thiophene rings is 1. The number of aryl methyl sites for hydroxylation is 1. The van der Waals surface area contributed by atoms with Gasteiger partial charge in [0.15, 0.2) is 0 Å². The summed E-state index contributed by atoms with van der Waals surface area (Å²) < 4.78 is 6.22. The third kappa shape index (κ3) is 2.54. The van der Waals surface area contributed by atoms with Crippen molar-refractivity contribution in [3.05, 3.63) is 50.1 Å². The lowest BCUT2D eigenvalue weighted by Crippen LogP contribution is -2.02. The topological polar surface area (TPSA) is 29.5 Å². The van der Waals surface area contributed by atoms with Gasteiger partial charge in [-0.05, 0) is 40.4 Å². The molecule has 1 heterocycles. The van der Waals surface area contributed by atoms with Gasteiger partial charge in [-0.25, -0.2) is 0 Å². The molecular formula is C13H13BrO2S. The van der Waals surface area contributed by atoms with E-state index in [9.17, 15) is 5.11 Å². The van der Waals surface area contributed by atoms with Gasteiger partial charge in [0.25, 0.3) is 0 Å². The van der Waals surface area contributed by atoms with E-state index in [0.29, 0.717) is 5.75 Å². The van der Waals surface area contributed by atoms with Crippen molar-refractivity contribution in [2.45, 2.75) is 13.0 Å². The van der Waals surface area contributed by atoms with Gasteiger partial charge in [0.05, 0.1) is 7.11 Å². The van der Waals surface area contributed by atoms with Crippen LogP contribution in [0.25, 0.3) is 0 Å². The molecule has 0 aliphatic carbocycles. The average molecular weight is 313 g/mol. The van der Waals surface area contributed by atoms with Gasteiger partial charge in [-0.3, -0.25) is 0 Å². The van der Waals surface area contributed by atoms with E-state index in [0.717, 1.165) is 21.2 Å². The minimum Gasteiger partial charge on any atom is -0.496 e. The maximum absolute atomic E-state index is 10.4. The van der Waals surface area contributed by atoms with Gasteiger partial charge in [-0.1, -0.05) is 11.6 Å². The SMILES string of the molecule is COc1ccc(C)cc1C(O)c1cscc1Br. The van der Waals surface area contributed by atoms with Gasteiger partial charge in [0.1, 0.15) is 11.9 Å². The van der Waals surface area contributed by atoms with Crippen LogP contribution in [-0.2, 0) is 0 Å². The molecule has 0 radical (unpaired) electrons. The van der Waals surface area contributed by atoms with Crippen molar-refractivity contribution in [3.63, 3.8) is 0 Å². The van der Waals surface area contributed by atoms with Crippen LogP contribution in [0.5, 0.6) is 5.75 Å². The first-order valence-corrected chi connectivity index (χ1v) is 6.91. The van der Waals surface area contributed by atoms with E-state index >= 15 is 0 Å². The first-order valence-electron chi connectivity index (χ1n) is 5.17. The molecule has 0 amide bonds. The number of methoxy groups -OCH3 is 1. The minimum atomic E-state index is -0.662. The summed E-state index contributed by atoms with van der Waals surface area (Å²) in [5, 5.41) is 14.3. The highest BCUT2D eigenvalue weighted by Crippen LogP contribution is 2.35. The van der Waals surface area contributed by atoms with Gasteiger partial charge in [0.2, 0.25) is 0 Å². The third-order valence-corrected chi connectivity index (χ3v) is 4.37. The van der Waals surface area contributed by atoms with E-state index in [-0.39, 0.29) is 0 Å². The number of benzene rings is 1. The van der Waals surface area contributed by atoms with Gasteiger partial charge < -0.3 is 9.84 Å². The number of halogens is 1. The Morgan fingerprint density at radius 2 is 2.06 bits per heavy atom. The smallest absolute Gasteiger partial charge is 0.125 e. The second kappa shape index (κ2) is 5.21. The van der Waals surface area contributed by atoms with Crippen LogP contribution in [-0.4, -0.2) is 12.2 Å². The van der Waals surface area contributed by atoms with E-state index in [2.05, 4.69) is 15.9 Å². The Balaban J connectivity index is 2.46. The predicted molar refractivity (Wildman–Crippen MR) is 73.8 cm³/mol. The Labute approximate surface area is 113 Å². The molecule has 0 saturated heterocycles. The molecule has 4 heteroatoms. The second-order valence-electron chi connectivity index (χ2n) is 3.82. The molecule has 0 aliphatic rings. The molecule has 17 heavy (non-hydrogen) atoms. The monoisotopic (exact) mass is 312 g/mol. The zero-order valence-corrected chi connectivity index (χ0v) is 12.0. The Bertz CT molecular complexity index is 522. The second-order valence-corrected chi connectivity index (χ2v) is 5.42. The van der Waals surface area contributed by atoms with Crippen molar-refractivity contribution in [1.29, 1.82) is 0 Å². The van der Waals surface area contributed by atoms with Crippen LogP contribution in [0.1, 0.15) is 22.8 Å². The highest BCUT2D eigenvalue weighted by atomic mass is 79.9. The highest BCUT2D eigenvalue weighted by Gasteiger charge is 2.18. The summed E-state index contributed by atoms with van der Waals surface area (Å²) in [7, 11) is 1.61. The fraction of sp³-hybridized carbons (Fsp3) is 0.231. The van der Waals surface area contributed by atoms with E-state index in [1.54, 1.807) is 18.4 Å². The summed E-state index contributed by atoms with van der Waals surface area (Å²) in [6.07, 6.45) is -0.662. The van der Waals surface area contributed by atoms with Crippen molar-refractivity contribution in [2.75, 3.05) is 7.11 Å². The molecule has 0 aliphatic heterocycles. The molecule has 0 saturated carbocycles. The van der Waals surface area contributed by atoms with Gasteiger partial charge in [-0.2, -0.15) is 11.3 Å². The van der Waals surface area contributed by atoms with Crippen LogP contribution in [0.3, 0.4) is 0 Å². The van der Waals surface area contributed by atoms with Crippen LogP contribution in [0.2, 0.25) is 0 Å². The Hall–Kier alpha value is -0.840. The number of hydrogen-bond donors (Lipinski definition) is 1. The van der Waals surface area contributed by atoms with Crippen LogP contribution < -0.4 is 4.74 Å². The molecule has 1 N–H and O–H groups in total. The van der Waals surface area contributed by atoms with Crippen molar-refractivity contribution in [1.82, 2.24) is 0 Å². The Kier molecular flexibility index (Phi) is 3.86. The van der Waals surface area contributed by atoms with Gasteiger partial charge >= 0.3 is 0 Å². The van der Waals surface area contributed by atoms with Crippen LogP contribution in [0.4, 0.5) is 0 Å². The first kappa shape index (κ1) is 12.6. The van der Waals surface area contributed by atoms with Gasteiger partial charge in [0, 0.05) is 21.0 Å². The van der Waals surface area contributed by atoms with E-state index in [4.69, 9.17) is 4.74 Å². The van der Waals surface area contributed by atoms with Crippen LogP contribution in [0, 0.1) is 6.92 Å². The van der Waals surface area contributed by atoms with E-state index in [1.165, 1.54) is 0 Å². The standard InChI is InChI=1S/C13H13BrO2S/c1-8-3-4-12(16-2)9(5-8)13(15)10-6-17-7-11(10)14/h3-7,13,15H,1-2H3. The van der Waals surface area contributed by atoms with Crippen molar-refractivity contribution in [3.8, 4) is 5.75 Å². The number of rotatable bonds is 3. The molecule has 0 fully saturated rings. The number of aliphatic hydroxyl groups excluding tert-OH is 1. The van der Waals surface area contributed by atoms with E-state index < -0.39 is 6.10 Å². The molecule has 2 nitrogen and oxygen atoms in total. The first-order chi connectivity index (χ1) is 8.13. The highest BCUT2D eigenvalue weighted by molar-refractivity contribution is 9.10. The summed E-state index contributed by atoms with van der Waals surface area (Å²) in [5.41, 5.74) is 2.77. The fourth-order valence-corrected chi connectivity index (χ4v) is 3.25. The summed E-state index contributed by atoms with van der Waals surface area (Å²) >= 11 is 5.00. The normalized spacial score (nSPS) is 12.5. The zero-order valence-electron chi connectivity index (χ0n) is 9.61. The van der Waals surface area contributed by atoms with Gasteiger partial charge in [-0.15, -0.1) is 0 Å². The lowest BCUT2D eigenvalue weighted by atomic mass is 10.0. The number of ether oxygens (including phenoxy) is 1. The third-order valence-electron chi connectivity index (χ3n) is 2.62. The van der Waals surface area contributed by atoms with Crippen LogP contribution >= 0.6 is 27.3 Å². The Morgan fingerprint density at radius 1 is 1.29 bits per heavy atom. The molecule has 0 bridgehead atoms. The molecule has 0 spiro atoms. The molecule has 1 atom stereocenters. The molecule has 1 aromatic heterocycles. The molecule has 2 aromatic rings. The average Bonchev–Trinajstić information content (AvgIpc) is 2.74. The molecule has 1 aromatic carbocycles. The number of aliphatic hydroxyl groups is 1. The predicted octanol–water partition coefficient (Wildman–Crippen LogP) is 3.91.